The molecule has 2 aromatic carbocycles. The molecule has 0 saturated heterocycles. The highest BCUT2D eigenvalue weighted by Crippen LogP contribution is 2.26. The zero-order chi connectivity index (χ0) is 21.7. The maximum atomic E-state index is 13.1. The van der Waals surface area contributed by atoms with Crippen molar-refractivity contribution in [3.63, 3.8) is 0 Å². The molecule has 0 aliphatic heterocycles. The van der Waals surface area contributed by atoms with Gasteiger partial charge in [-0.2, -0.15) is 4.98 Å². The van der Waals surface area contributed by atoms with E-state index < -0.39 is 0 Å². The smallest absolute Gasteiger partial charge is 0.228 e. The average molecular weight is 406 g/mol. The van der Waals surface area contributed by atoms with E-state index in [0.29, 0.717) is 31.1 Å². The van der Waals surface area contributed by atoms with Crippen molar-refractivity contribution in [3.05, 3.63) is 71.6 Å². The van der Waals surface area contributed by atoms with Crippen LogP contribution in [0.25, 0.3) is 11.4 Å². The lowest BCUT2D eigenvalue weighted by atomic mass is 9.91. The molecule has 1 aromatic heterocycles. The van der Waals surface area contributed by atoms with Gasteiger partial charge in [-0.1, -0.05) is 86.1 Å². The standard InChI is InChI=1S/C25H31N3O2/c1-18-11-13-21(14-12-18)24-26-22(30-27-24)15-16-28(23(29)17-25(3,4)5)19(2)20-9-7-6-8-10-20/h6-14,19H,15-17H2,1-5H3/t19-/m0/s1. The summed E-state index contributed by atoms with van der Waals surface area (Å²) in [6.07, 6.45) is 1.01. The van der Waals surface area contributed by atoms with Gasteiger partial charge in [0, 0.05) is 24.9 Å². The summed E-state index contributed by atoms with van der Waals surface area (Å²) < 4.78 is 5.47. The molecule has 0 aliphatic carbocycles. The van der Waals surface area contributed by atoms with Crippen LogP contribution >= 0.6 is 0 Å². The molecule has 3 aromatic rings. The third kappa shape index (κ3) is 5.78. The van der Waals surface area contributed by atoms with Crippen LogP contribution in [-0.2, 0) is 11.2 Å². The molecule has 0 unspecified atom stereocenters. The number of carbonyl (C=O) groups excluding carboxylic acids is 1. The first-order valence-corrected chi connectivity index (χ1v) is 10.5. The van der Waals surface area contributed by atoms with E-state index >= 15 is 0 Å². The molecule has 5 nitrogen and oxygen atoms in total. The van der Waals surface area contributed by atoms with Crippen molar-refractivity contribution in [2.24, 2.45) is 5.41 Å². The van der Waals surface area contributed by atoms with E-state index in [1.54, 1.807) is 0 Å². The summed E-state index contributed by atoms with van der Waals surface area (Å²) >= 11 is 0. The highest BCUT2D eigenvalue weighted by molar-refractivity contribution is 5.77. The van der Waals surface area contributed by atoms with Crippen LogP contribution in [0.4, 0.5) is 0 Å². The van der Waals surface area contributed by atoms with Crippen LogP contribution in [0.2, 0.25) is 0 Å². The van der Waals surface area contributed by atoms with E-state index in [0.717, 1.165) is 11.1 Å². The van der Waals surface area contributed by atoms with Gasteiger partial charge in [-0.15, -0.1) is 0 Å². The molecule has 5 heteroatoms. The molecule has 0 spiro atoms. The van der Waals surface area contributed by atoms with Crippen molar-refractivity contribution in [1.29, 1.82) is 0 Å². The van der Waals surface area contributed by atoms with Crippen LogP contribution in [0.3, 0.4) is 0 Å². The Bertz CT molecular complexity index is 956. The van der Waals surface area contributed by atoms with E-state index in [4.69, 9.17) is 4.52 Å². The van der Waals surface area contributed by atoms with Crippen LogP contribution in [0.1, 0.15) is 57.2 Å². The zero-order valence-electron chi connectivity index (χ0n) is 18.6. The summed E-state index contributed by atoms with van der Waals surface area (Å²) in [5.74, 6) is 1.25. The molecule has 1 atom stereocenters. The number of amides is 1. The fourth-order valence-corrected chi connectivity index (χ4v) is 3.39. The first-order valence-electron chi connectivity index (χ1n) is 10.5. The minimum atomic E-state index is -0.0746. The Morgan fingerprint density at radius 1 is 1.07 bits per heavy atom. The number of nitrogens with zero attached hydrogens (tertiary/aromatic N) is 3. The number of hydrogen-bond acceptors (Lipinski definition) is 4. The Morgan fingerprint density at radius 3 is 2.37 bits per heavy atom. The van der Waals surface area contributed by atoms with Crippen molar-refractivity contribution in [3.8, 4) is 11.4 Å². The van der Waals surface area contributed by atoms with Crippen LogP contribution in [0.15, 0.2) is 59.1 Å². The van der Waals surface area contributed by atoms with Crippen LogP contribution < -0.4 is 0 Å². The second-order valence-electron chi connectivity index (χ2n) is 9.04. The van der Waals surface area contributed by atoms with Gasteiger partial charge in [0.25, 0.3) is 0 Å². The van der Waals surface area contributed by atoms with E-state index in [1.165, 1.54) is 5.56 Å². The number of rotatable bonds is 7. The maximum absolute atomic E-state index is 13.1. The van der Waals surface area contributed by atoms with Crippen molar-refractivity contribution in [1.82, 2.24) is 15.0 Å². The van der Waals surface area contributed by atoms with Crippen LogP contribution in [0.5, 0.6) is 0 Å². The fraction of sp³-hybridized carbons (Fsp3) is 0.400. The SMILES string of the molecule is Cc1ccc(-c2noc(CCN(C(=O)CC(C)(C)C)[C@@H](C)c3ccccc3)n2)cc1. The van der Waals surface area contributed by atoms with Crippen LogP contribution in [-0.4, -0.2) is 27.5 Å². The molecule has 1 amide bonds. The van der Waals surface area contributed by atoms with Crippen molar-refractivity contribution in [2.45, 2.75) is 53.5 Å². The summed E-state index contributed by atoms with van der Waals surface area (Å²) in [5.41, 5.74) is 3.15. The minimum Gasteiger partial charge on any atom is -0.339 e. The molecule has 158 valence electrons. The average Bonchev–Trinajstić information content (AvgIpc) is 3.17. The predicted octanol–water partition coefficient (Wildman–Crippen LogP) is 5.61. The first kappa shape index (κ1) is 21.8. The second kappa shape index (κ2) is 9.24. The van der Waals surface area contributed by atoms with E-state index in [9.17, 15) is 4.79 Å². The Hall–Kier alpha value is -2.95. The van der Waals surface area contributed by atoms with Gasteiger partial charge >= 0.3 is 0 Å². The summed E-state index contributed by atoms with van der Waals surface area (Å²) in [4.78, 5) is 19.6. The lowest BCUT2D eigenvalue weighted by Gasteiger charge is -2.32. The van der Waals surface area contributed by atoms with Crippen molar-refractivity contribution in [2.75, 3.05) is 6.54 Å². The second-order valence-corrected chi connectivity index (χ2v) is 9.04. The van der Waals surface area contributed by atoms with Crippen LogP contribution in [0, 0.1) is 12.3 Å². The van der Waals surface area contributed by atoms with E-state index in [1.807, 2.05) is 54.3 Å². The molecule has 0 bridgehead atoms. The van der Waals surface area contributed by atoms with Gasteiger partial charge < -0.3 is 9.42 Å². The van der Waals surface area contributed by atoms with Gasteiger partial charge in [-0.05, 0) is 24.8 Å². The van der Waals surface area contributed by atoms with Gasteiger partial charge in [0.05, 0.1) is 6.04 Å². The highest BCUT2D eigenvalue weighted by atomic mass is 16.5. The molecule has 0 radical (unpaired) electrons. The molecule has 0 saturated carbocycles. The van der Waals surface area contributed by atoms with Gasteiger partial charge in [-0.3, -0.25) is 4.79 Å². The highest BCUT2D eigenvalue weighted by Gasteiger charge is 2.26. The lowest BCUT2D eigenvalue weighted by Crippen LogP contribution is -2.37. The molecule has 3 rings (SSSR count). The number of carbonyl (C=O) groups is 1. The minimum absolute atomic E-state index is 0.0273. The molecule has 0 fully saturated rings. The van der Waals surface area contributed by atoms with Crippen molar-refractivity contribution < 1.29 is 9.32 Å². The quantitative estimate of drug-likeness (QED) is 0.512. The monoisotopic (exact) mass is 405 g/mol. The molecular formula is C25H31N3O2. The third-order valence-electron chi connectivity index (χ3n) is 5.10. The van der Waals surface area contributed by atoms with Crippen molar-refractivity contribution >= 4 is 5.91 Å². The Labute approximate surface area is 179 Å². The van der Waals surface area contributed by atoms with E-state index in [2.05, 4.69) is 50.0 Å². The molecule has 30 heavy (non-hydrogen) atoms. The largest absolute Gasteiger partial charge is 0.339 e. The molecular weight excluding hydrogens is 374 g/mol. The third-order valence-corrected chi connectivity index (χ3v) is 5.10. The Kier molecular flexibility index (Phi) is 6.70. The first-order chi connectivity index (χ1) is 14.2. The number of aromatic nitrogens is 2. The summed E-state index contributed by atoms with van der Waals surface area (Å²) in [5, 5.41) is 4.11. The summed E-state index contributed by atoms with van der Waals surface area (Å²) in [7, 11) is 0. The number of aryl methyl sites for hydroxylation is 1. The van der Waals surface area contributed by atoms with Gasteiger partial charge in [0.1, 0.15) is 0 Å². The topological polar surface area (TPSA) is 59.2 Å². The van der Waals surface area contributed by atoms with Gasteiger partial charge in [0.2, 0.25) is 17.6 Å². The molecule has 0 N–H and O–H groups in total. The fourth-order valence-electron chi connectivity index (χ4n) is 3.39. The lowest BCUT2D eigenvalue weighted by molar-refractivity contribution is -0.135. The summed E-state index contributed by atoms with van der Waals surface area (Å²) in [6, 6.07) is 18.1. The Morgan fingerprint density at radius 2 is 1.73 bits per heavy atom. The molecule has 0 aliphatic rings. The zero-order valence-corrected chi connectivity index (χ0v) is 18.6. The Balaban J connectivity index is 1.74. The molecule has 1 heterocycles. The normalized spacial score (nSPS) is 12.6. The predicted molar refractivity (Wildman–Crippen MR) is 119 cm³/mol. The number of hydrogen-bond donors (Lipinski definition) is 0. The summed E-state index contributed by atoms with van der Waals surface area (Å²) in [6.45, 7) is 10.9. The van der Waals surface area contributed by atoms with Gasteiger partial charge in [0.15, 0.2) is 0 Å². The van der Waals surface area contributed by atoms with Gasteiger partial charge in [-0.25, -0.2) is 0 Å². The van der Waals surface area contributed by atoms with E-state index in [-0.39, 0.29) is 17.4 Å². The maximum Gasteiger partial charge on any atom is 0.228 e. The number of benzene rings is 2.